The lowest BCUT2D eigenvalue weighted by Gasteiger charge is -2.37. The lowest BCUT2D eigenvalue weighted by molar-refractivity contribution is -0.120. The van der Waals surface area contributed by atoms with Crippen LogP contribution in [0.5, 0.6) is 0 Å². The van der Waals surface area contributed by atoms with E-state index in [0.29, 0.717) is 22.7 Å². The van der Waals surface area contributed by atoms with Gasteiger partial charge in [-0.1, -0.05) is 22.9 Å². The first kappa shape index (κ1) is 19.9. The molecule has 8 nitrogen and oxygen atoms in total. The van der Waals surface area contributed by atoms with Crippen molar-refractivity contribution in [1.82, 2.24) is 20.5 Å². The van der Waals surface area contributed by atoms with Gasteiger partial charge in [-0.3, -0.25) is 4.79 Å². The van der Waals surface area contributed by atoms with Crippen molar-refractivity contribution in [2.24, 2.45) is 11.8 Å². The Hall–Kier alpha value is -2.44. The highest BCUT2D eigenvalue weighted by Gasteiger charge is 2.43. The Bertz CT molecular complexity index is 944. The second-order valence-electron chi connectivity index (χ2n) is 7.67. The molecule has 2 aromatic rings. The summed E-state index contributed by atoms with van der Waals surface area (Å²) in [6, 6.07) is 3.75. The highest BCUT2D eigenvalue weighted by molar-refractivity contribution is 7.18. The molecule has 2 bridgehead atoms. The minimum absolute atomic E-state index is 0.0421. The summed E-state index contributed by atoms with van der Waals surface area (Å²) in [5, 5.41) is 26.1. The van der Waals surface area contributed by atoms with Crippen molar-refractivity contribution in [2.45, 2.75) is 38.8 Å². The number of hydrogen-bond donors (Lipinski definition) is 2. The number of halogens is 1. The van der Waals surface area contributed by atoms with Gasteiger partial charge in [0.15, 0.2) is 5.01 Å². The number of carbonyl (C=O) groups is 1. The molecule has 1 aliphatic carbocycles. The first-order valence-electron chi connectivity index (χ1n) is 9.62. The van der Waals surface area contributed by atoms with E-state index < -0.39 is 0 Å². The number of piperidine rings is 1. The Morgan fingerprint density at radius 1 is 1.38 bits per heavy atom. The molecule has 1 aliphatic heterocycles. The van der Waals surface area contributed by atoms with E-state index in [-0.39, 0.29) is 18.0 Å². The van der Waals surface area contributed by atoms with E-state index >= 15 is 0 Å². The van der Waals surface area contributed by atoms with Crippen LogP contribution in [0.15, 0.2) is 12.3 Å². The van der Waals surface area contributed by atoms with Gasteiger partial charge in [-0.05, 0) is 37.7 Å². The number of nitrogens with one attached hydrogen (secondary N) is 2. The second kappa shape index (κ2) is 8.13. The smallest absolute Gasteiger partial charge is 0.217 e. The van der Waals surface area contributed by atoms with Gasteiger partial charge in [-0.2, -0.15) is 5.26 Å². The van der Waals surface area contributed by atoms with E-state index in [1.54, 1.807) is 26.1 Å². The number of carbonyl (C=O) groups excluding carboxylic acids is 1. The van der Waals surface area contributed by atoms with Gasteiger partial charge in [0.05, 0.1) is 17.3 Å². The van der Waals surface area contributed by atoms with Crippen molar-refractivity contribution in [3.8, 4) is 16.6 Å². The van der Waals surface area contributed by atoms with Gasteiger partial charge in [-0.15, -0.1) is 10.2 Å². The Labute approximate surface area is 178 Å². The number of anilines is 2. The summed E-state index contributed by atoms with van der Waals surface area (Å²) in [6.45, 7) is 5.09. The molecule has 2 unspecified atom stereocenters. The molecule has 1 saturated heterocycles. The van der Waals surface area contributed by atoms with Gasteiger partial charge in [0.25, 0.3) is 0 Å². The largest absolute Gasteiger partial charge is 0.369 e. The Balaban J connectivity index is 1.55. The van der Waals surface area contributed by atoms with Crippen molar-refractivity contribution in [3.63, 3.8) is 0 Å². The predicted molar refractivity (Wildman–Crippen MR) is 113 cm³/mol. The molecule has 3 heterocycles. The maximum Gasteiger partial charge on any atom is 0.217 e. The number of hydrogen-bond acceptors (Lipinski definition) is 8. The molecule has 4 rings (SSSR count). The van der Waals surface area contributed by atoms with Crippen LogP contribution in [0.3, 0.4) is 0 Å². The van der Waals surface area contributed by atoms with Gasteiger partial charge in [-0.25, -0.2) is 4.98 Å². The number of aromatic nitrogens is 3. The molecule has 2 N–H and O–H groups in total. The summed E-state index contributed by atoms with van der Waals surface area (Å²) >= 11 is 7.55. The van der Waals surface area contributed by atoms with Gasteiger partial charge < -0.3 is 15.5 Å². The quantitative estimate of drug-likeness (QED) is 0.701. The summed E-state index contributed by atoms with van der Waals surface area (Å²) < 4.78 is 0. The van der Waals surface area contributed by atoms with Gasteiger partial charge >= 0.3 is 0 Å². The zero-order valence-corrected chi connectivity index (χ0v) is 17.8. The fourth-order valence-electron chi connectivity index (χ4n) is 4.29. The molecule has 10 heteroatoms. The van der Waals surface area contributed by atoms with Crippen LogP contribution in [-0.2, 0) is 4.79 Å². The molecule has 3 atom stereocenters. The lowest BCUT2D eigenvalue weighted by atomic mass is 9.92. The molecule has 2 fully saturated rings. The fourth-order valence-corrected chi connectivity index (χ4v) is 5.33. The average molecular weight is 432 g/mol. The SMILES string of the molecule is CC(=O)NC1C2CCC1CN(c1nnc(-c3cnc(Cl)cc3N[C@H](C)C#N)s1)C2. The topological polar surface area (TPSA) is 107 Å². The summed E-state index contributed by atoms with van der Waals surface area (Å²) in [6.07, 6.45) is 3.91. The van der Waals surface area contributed by atoms with Crippen LogP contribution < -0.4 is 15.5 Å². The van der Waals surface area contributed by atoms with Crippen LogP contribution in [0.2, 0.25) is 5.15 Å². The van der Waals surface area contributed by atoms with E-state index in [9.17, 15) is 4.79 Å². The van der Waals surface area contributed by atoms with E-state index in [4.69, 9.17) is 16.9 Å². The van der Waals surface area contributed by atoms with Crippen LogP contribution >= 0.6 is 22.9 Å². The summed E-state index contributed by atoms with van der Waals surface area (Å²) in [5.41, 5.74) is 1.49. The summed E-state index contributed by atoms with van der Waals surface area (Å²) in [5.74, 6) is 0.923. The van der Waals surface area contributed by atoms with Crippen molar-refractivity contribution < 1.29 is 4.79 Å². The van der Waals surface area contributed by atoms with Crippen LogP contribution in [-0.4, -0.2) is 46.3 Å². The zero-order valence-electron chi connectivity index (χ0n) is 16.2. The Kier molecular flexibility index (Phi) is 5.56. The monoisotopic (exact) mass is 431 g/mol. The van der Waals surface area contributed by atoms with Crippen molar-refractivity contribution in [1.29, 1.82) is 5.26 Å². The number of fused-ring (bicyclic) bond motifs is 2. The third kappa shape index (κ3) is 4.14. The molecular weight excluding hydrogens is 410 g/mol. The second-order valence-corrected chi connectivity index (χ2v) is 9.01. The molecule has 152 valence electrons. The van der Waals surface area contributed by atoms with Crippen LogP contribution in [0, 0.1) is 23.2 Å². The standard InChI is InChI=1S/C19H22ClN7OS/c1-10(6-21)23-15-5-16(20)22-7-14(15)18-25-26-19(29-18)27-8-12-3-4-13(9-27)17(12)24-11(2)28/h5,7,10,12-13,17H,3-4,8-9H2,1-2H3,(H,22,23)(H,24,28)/t10-,12?,13?,17?/m1/s1. The molecule has 0 aromatic carbocycles. The number of nitrogens with zero attached hydrogens (tertiary/aromatic N) is 5. The molecule has 1 saturated carbocycles. The molecule has 2 aliphatic rings. The van der Waals surface area contributed by atoms with E-state index in [1.165, 1.54) is 11.3 Å². The molecule has 29 heavy (non-hydrogen) atoms. The van der Waals surface area contributed by atoms with Crippen molar-refractivity contribution in [2.75, 3.05) is 23.3 Å². The van der Waals surface area contributed by atoms with Gasteiger partial charge in [0.1, 0.15) is 11.2 Å². The molecule has 1 amide bonds. The van der Waals surface area contributed by atoms with E-state index in [2.05, 4.69) is 36.8 Å². The number of pyridine rings is 1. The number of nitriles is 1. The van der Waals surface area contributed by atoms with Crippen molar-refractivity contribution >= 4 is 39.7 Å². The van der Waals surface area contributed by atoms with Gasteiger partial charge in [0.2, 0.25) is 11.0 Å². The highest BCUT2D eigenvalue weighted by Crippen LogP contribution is 2.41. The summed E-state index contributed by atoms with van der Waals surface area (Å²) in [7, 11) is 0. The number of amides is 1. The molecule has 0 spiro atoms. The van der Waals surface area contributed by atoms with Crippen LogP contribution in [0.4, 0.5) is 10.8 Å². The molecular formula is C19H22ClN7OS. The normalized spacial score (nSPS) is 24.1. The van der Waals surface area contributed by atoms with E-state index in [0.717, 1.165) is 41.6 Å². The molecule has 2 aromatic heterocycles. The highest BCUT2D eigenvalue weighted by atomic mass is 35.5. The van der Waals surface area contributed by atoms with Crippen LogP contribution in [0.1, 0.15) is 26.7 Å². The maximum absolute atomic E-state index is 11.5. The predicted octanol–water partition coefficient (Wildman–Crippen LogP) is 2.93. The Morgan fingerprint density at radius 2 is 2.10 bits per heavy atom. The van der Waals surface area contributed by atoms with Crippen LogP contribution in [0.25, 0.3) is 10.6 Å². The Morgan fingerprint density at radius 3 is 2.76 bits per heavy atom. The number of rotatable bonds is 5. The zero-order chi connectivity index (χ0) is 20.5. The molecule has 0 radical (unpaired) electrons. The minimum Gasteiger partial charge on any atom is -0.369 e. The lowest BCUT2D eigenvalue weighted by Crippen LogP contribution is -2.52. The third-order valence-corrected chi connectivity index (χ3v) is 6.78. The third-order valence-electron chi connectivity index (χ3n) is 5.56. The first-order valence-corrected chi connectivity index (χ1v) is 10.8. The average Bonchev–Trinajstić information content (AvgIpc) is 3.23. The minimum atomic E-state index is -0.372. The first-order chi connectivity index (χ1) is 13.9. The fraction of sp³-hybridized carbons (Fsp3) is 0.526. The van der Waals surface area contributed by atoms with Crippen molar-refractivity contribution in [3.05, 3.63) is 17.4 Å². The van der Waals surface area contributed by atoms with E-state index in [1.807, 2.05) is 0 Å². The summed E-state index contributed by atoms with van der Waals surface area (Å²) in [4.78, 5) is 18.0. The maximum atomic E-state index is 11.5. The van der Waals surface area contributed by atoms with Gasteiger partial charge in [0, 0.05) is 32.3 Å².